The number of rotatable bonds is 2. The second kappa shape index (κ2) is 3.72. The summed E-state index contributed by atoms with van der Waals surface area (Å²) in [6.07, 6.45) is 6.44. The average molecular weight is 204 g/mol. The highest BCUT2D eigenvalue weighted by Crippen LogP contribution is 2.38. The van der Waals surface area contributed by atoms with Crippen LogP contribution in [0.2, 0.25) is 0 Å². The molecule has 1 saturated carbocycles. The Hall–Kier alpha value is -1.25. The van der Waals surface area contributed by atoms with E-state index in [0.717, 1.165) is 18.7 Å². The average Bonchev–Trinajstić information content (AvgIpc) is 2.67. The van der Waals surface area contributed by atoms with Crippen LogP contribution in [0.3, 0.4) is 0 Å². The Kier molecular flexibility index (Phi) is 2.55. The second-order valence-electron chi connectivity index (χ2n) is 4.59. The predicted molar refractivity (Wildman–Crippen MR) is 57.9 cm³/mol. The molecule has 1 aliphatic carbocycles. The molecule has 0 aliphatic heterocycles. The first-order valence-corrected chi connectivity index (χ1v) is 5.46. The zero-order valence-electron chi connectivity index (χ0n) is 9.29. The fourth-order valence-corrected chi connectivity index (χ4v) is 2.22. The van der Waals surface area contributed by atoms with Crippen molar-refractivity contribution in [3.05, 3.63) is 23.8 Å². The summed E-state index contributed by atoms with van der Waals surface area (Å²) in [7, 11) is 0. The molecule has 0 saturated heterocycles. The minimum Gasteiger partial charge on any atom is -0.293 e. The van der Waals surface area contributed by atoms with Gasteiger partial charge in [-0.3, -0.25) is 4.79 Å². The summed E-state index contributed by atoms with van der Waals surface area (Å²) >= 11 is 0. The van der Waals surface area contributed by atoms with E-state index in [4.69, 9.17) is 0 Å². The first-order valence-electron chi connectivity index (χ1n) is 5.46. The molecule has 1 aliphatic rings. The SMILES string of the molecule is CC(=O)c1ccnc(C2(C)CCCC2)n1. The Morgan fingerprint density at radius 3 is 2.67 bits per heavy atom. The third-order valence-corrected chi connectivity index (χ3v) is 3.26. The number of ketones is 1. The second-order valence-corrected chi connectivity index (χ2v) is 4.59. The highest BCUT2D eigenvalue weighted by atomic mass is 16.1. The maximum absolute atomic E-state index is 11.2. The molecule has 0 N–H and O–H groups in total. The van der Waals surface area contributed by atoms with Gasteiger partial charge in [0.25, 0.3) is 0 Å². The van der Waals surface area contributed by atoms with Gasteiger partial charge in [0.1, 0.15) is 11.5 Å². The fraction of sp³-hybridized carbons (Fsp3) is 0.583. The summed E-state index contributed by atoms with van der Waals surface area (Å²) in [5, 5.41) is 0. The fourth-order valence-electron chi connectivity index (χ4n) is 2.22. The summed E-state index contributed by atoms with van der Waals surface area (Å²) in [6.45, 7) is 3.74. The van der Waals surface area contributed by atoms with Gasteiger partial charge in [0, 0.05) is 18.5 Å². The lowest BCUT2D eigenvalue weighted by Crippen LogP contribution is -2.21. The standard InChI is InChI=1S/C12H16N2O/c1-9(15)10-5-8-13-11(14-10)12(2)6-3-4-7-12/h5,8H,3-4,6-7H2,1-2H3. The Labute approximate surface area is 89.9 Å². The summed E-state index contributed by atoms with van der Waals surface area (Å²) in [4.78, 5) is 19.9. The van der Waals surface area contributed by atoms with Crippen LogP contribution in [0.15, 0.2) is 12.3 Å². The summed E-state index contributed by atoms with van der Waals surface area (Å²) in [6, 6.07) is 1.68. The maximum Gasteiger partial charge on any atom is 0.178 e. The largest absolute Gasteiger partial charge is 0.293 e. The van der Waals surface area contributed by atoms with Crippen molar-refractivity contribution in [1.29, 1.82) is 0 Å². The molecule has 1 fully saturated rings. The molecule has 0 radical (unpaired) electrons. The van der Waals surface area contributed by atoms with Crippen LogP contribution in [-0.4, -0.2) is 15.8 Å². The van der Waals surface area contributed by atoms with Gasteiger partial charge in [0.2, 0.25) is 0 Å². The van der Waals surface area contributed by atoms with E-state index >= 15 is 0 Å². The van der Waals surface area contributed by atoms with E-state index in [0.29, 0.717) is 5.69 Å². The van der Waals surface area contributed by atoms with Crippen molar-refractivity contribution in [2.24, 2.45) is 0 Å². The minimum atomic E-state index is 0.0141. The number of aromatic nitrogens is 2. The Morgan fingerprint density at radius 2 is 2.07 bits per heavy atom. The van der Waals surface area contributed by atoms with Gasteiger partial charge in [-0.15, -0.1) is 0 Å². The molecular weight excluding hydrogens is 188 g/mol. The van der Waals surface area contributed by atoms with E-state index < -0.39 is 0 Å². The molecule has 2 rings (SSSR count). The number of hydrogen-bond donors (Lipinski definition) is 0. The zero-order valence-corrected chi connectivity index (χ0v) is 9.29. The molecule has 3 nitrogen and oxygen atoms in total. The minimum absolute atomic E-state index is 0.0141. The van der Waals surface area contributed by atoms with Crippen molar-refractivity contribution in [3.8, 4) is 0 Å². The molecule has 3 heteroatoms. The lowest BCUT2D eigenvalue weighted by Gasteiger charge is -2.21. The lowest BCUT2D eigenvalue weighted by molar-refractivity contribution is 0.101. The van der Waals surface area contributed by atoms with Crippen LogP contribution in [0.4, 0.5) is 0 Å². The van der Waals surface area contributed by atoms with Crippen LogP contribution in [-0.2, 0) is 5.41 Å². The molecule has 0 amide bonds. The van der Waals surface area contributed by atoms with Crippen molar-refractivity contribution >= 4 is 5.78 Å². The van der Waals surface area contributed by atoms with E-state index in [-0.39, 0.29) is 11.2 Å². The summed E-state index contributed by atoms with van der Waals surface area (Å²) in [5.41, 5.74) is 0.624. The van der Waals surface area contributed by atoms with Gasteiger partial charge in [-0.1, -0.05) is 19.8 Å². The van der Waals surface area contributed by atoms with E-state index in [2.05, 4.69) is 16.9 Å². The Bertz CT molecular complexity index is 381. The van der Waals surface area contributed by atoms with Gasteiger partial charge in [-0.05, 0) is 18.9 Å². The zero-order chi connectivity index (χ0) is 10.9. The smallest absolute Gasteiger partial charge is 0.178 e. The molecule has 1 aromatic rings. The highest BCUT2D eigenvalue weighted by molar-refractivity contribution is 5.91. The molecule has 0 aromatic carbocycles. The van der Waals surface area contributed by atoms with Crippen molar-refractivity contribution < 1.29 is 4.79 Å². The highest BCUT2D eigenvalue weighted by Gasteiger charge is 2.33. The molecule has 0 atom stereocenters. The van der Waals surface area contributed by atoms with Crippen molar-refractivity contribution in [2.75, 3.05) is 0 Å². The third-order valence-electron chi connectivity index (χ3n) is 3.26. The van der Waals surface area contributed by atoms with Crippen molar-refractivity contribution in [3.63, 3.8) is 0 Å². The molecule has 80 valence electrons. The van der Waals surface area contributed by atoms with Crippen molar-refractivity contribution in [1.82, 2.24) is 9.97 Å². The van der Waals surface area contributed by atoms with Crippen LogP contribution in [0.1, 0.15) is 55.8 Å². The first-order chi connectivity index (χ1) is 7.12. The molecular formula is C12H16N2O. The topological polar surface area (TPSA) is 42.9 Å². The van der Waals surface area contributed by atoms with E-state index in [9.17, 15) is 4.79 Å². The molecule has 0 bridgehead atoms. The van der Waals surface area contributed by atoms with Crippen molar-refractivity contribution in [2.45, 2.75) is 44.9 Å². The maximum atomic E-state index is 11.2. The van der Waals surface area contributed by atoms with Crippen LogP contribution in [0.5, 0.6) is 0 Å². The summed E-state index contributed by atoms with van der Waals surface area (Å²) in [5.74, 6) is 0.855. The Morgan fingerprint density at radius 1 is 1.40 bits per heavy atom. The van der Waals surface area contributed by atoms with Gasteiger partial charge in [-0.2, -0.15) is 0 Å². The van der Waals surface area contributed by atoms with Crippen LogP contribution in [0.25, 0.3) is 0 Å². The molecule has 15 heavy (non-hydrogen) atoms. The predicted octanol–water partition coefficient (Wildman–Crippen LogP) is 2.51. The van der Waals surface area contributed by atoms with Crippen LogP contribution < -0.4 is 0 Å². The Balaban J connectivity index is 2.36. The van der Waals surface area contributed by atoms with Gasteiger partial charge in [0.05, 0.1) is 0 Å². The van der Waals surface area contributed by atoms with Crippen LogP contribution in [0, 0.1) is 0 Å². The van der Waals surface area contributed by atoms with E-state index in [1.807, 2.05) is 0 Å². The normalized spacial score (nSPS) is 19.1. The molecule has 1 aromatic heterocycles. The van der Waals surface area contributed by atoms with Gasteiger partial charge in [-0.25, -0.2) is 9.97 Å². The van der Waals surface area contributed by atoms with Gasteiger partial charge >= 0.3 is 0 Å². The third kappa shape index (κ3) is 1.91. The molecule has 1 heterocycles. The number of Topliss-reactive ketones (excluding diaryl/α,β-unsaturated/α-hetero) is 1. The van der Waals surface area contributed by atoms with E-state index in [1.165, 1.54) is 12.8 Å². The quantitative estimate of drug-likeness (QED) is 0.695. The number of nitrogens with zero attached hydrogens (tertiary/aromatic N) is 2. The van der Waals surface area contributed by atoms with E-state index in [1.54, 1.807) is 19.2 Å². The monoisotopic (exact) mass is 204 g/mol. The molecule has 0 unspecified atom stereocenters. The number of carbonyl (C=O) groups excluding carboxylic acids is 1. The first kappa shape index (κ1) is 10.3. The number of carbonyl (C=O) groups is 1. The summed E-state index contributed by atoms with van der Waals surface area (Å²) < 4.78 is 0. The van der Waals surface area contributed by atoms with Gasteiger partial charge in [0.15, 0.2) is 5.78 Å². The number of hydrogen-bond acceptors (Lipinski definition) is 3. The van der Waals surface area contributed by atoms with Gasteiger partial charge < -0.3 is 0 Å². The van der Waals surface area contributed by atoms with Crippen LogP contribution >= 0.6 is 0 Å². The lowest BCUT2D eigenvalue weighted by atomic mass is 9.88. The molecule has 0 spiro atoms.